The van der Waals surface area contributed by atoms with Crippen LogP contribution in [0.15, 0.2) is 12.3 Å². The van der Waals surface area contributed by atoms with E-state index in [1.165, 1.54) is 12.3 Å². The number of nitrogen functional groups attached to an aromatic ring is 1. The lowest BCUT2D eigenvalue weighted by Crippen LogP contribution is -2.07. The Kier molecular flexibility index (Phi) is 1.97. The number of nitrogens with zero attached hydrogens (tertiary/aromatic N) is 3. The lowest BCUT2D eigenvalue weighted by Gasteiger charge is -1.97. The Hall–Kier alpha value is -2.64. The molecular weight excluding hydrogens is 216 g/mol. The zero-order valence-corrected chi connectivity index (χ0v) is 7.78. The third kappa shape index (κ3) is 1.24. The van der Waals surface area contributed by atoms with Gasteiger partial charge in [-0.1, -0.05) is 0 Å². The van der Waals surface area contributed by atoms with Crippen LogP contribution < -0.4 is 5.73 Å². The number of carbonyl (C=O) groups is 2. The van der Waals surface area contributed by atoms with E-state index in [1.54, 1.807) is 0 Å². The van der Waals surface area contributed by atoms with Gasteiger partial charge in [-0.05, 0) is 6.07 Å². The predicted octanol–water partition coefficient (Wildman–Crippen LogP) is -0.292. The molecule has 8 nitrogen and oxygen atoms in total. The van der Waals surface area contributed by atoms with E-state index in [9.17, 15) is 9.59 Å². The lowest BCUT2D eigenvalue weighted by molar-refractivity contribution is 0.0678. The lowest BCUT2D eigenvalue weighted by atomic mass is 10.3. The van der Waals surface area contributed by atoms with Crippen molar-refractivity contribution in [3.05, 3.63) is 23.5 Å². The fourth-order valence-corrected chi connectivity index (χ4v) is 1.33. The first-order valence-corrected chi connectivity index (χ1v) is 4.12. The molecule has 82 valence electrons. The summed E-state index contributed by atoms with van der Waals surface area (Å²) in [6.07, 6.45) is 1.19. The fraction of sp³-hybridized carbons (Fsp3) is 0. The van der Waals surface area contributed by atoms with Gasteiger partial charge in [-0.15, -0.1) is 5.10 Å². The van der Waals surface area contributed by atoms with Crippen molar-refractivity contribution in [1.82, 2.24) is 14.6 Å². The van der Waals surface area contributed by atoms with E-state index in [1.807, 2.05) is 0 Å². The van der Waals surface area contributed by atoms with Crippen molar-refractivity contribution in [3.63, 3.8) is 0 Å². The standard InChI is InChI=1S/C8H6N4O4/c9-5-4(8(15)16)6-10-2-1-3(7(13)14)12(6)11-5/h1-2H,(H2,9,11)(H,13,14)(H,15,16). The van der Waals surface area contributed by atoms with Crippen molar-refractivity contribution in [2.45, 2.75) is 0 Å². The Labute approximate surface area is 87.9 Å². The maximum absolute atomic E-state index is 10.9. The van der Waals surface area contributed by atoms with Gasteiger partial charge in [0.25, 0.3) is 0 Å². The molecule has 0 aliphatic heterocycles. The molecule has 8 heteroatoms. The third-order valence-electron chi connectivity index (χ3n) is 1.98. The average Bonchev–Trinajstić information content (AvgIpc) is 2.52. The van der Waals surface area contributed by atoms with E-state index < -0.39 is 11.9 Å². The second-order valence-corrected chi connectivity index (χ2v) is 2.94. The highest BCUT2D eigenvalue weighted by Crippen LogP contribution is 2.16. The van der Waals surface area contributed by atoms with Gasteiger partial charge < -0.3 is 15.9 Å². The average molecular weight is 222 g/mol. The van der Waals surface area contributed by atoms with Crippen LogP contribution >= 0.6 is 0 Å². The molecule has 0 saturated carbocycles. The van der Waals surface area contributed by atoms with Gasteiger partial charge >= 0.3 is 11.9 Å². The Morgan fingerprint density at radius 1 is 1.31 bits per heavy atom. The fourth-order valence-electron chi connectivity index (χ4n) is 1.33. The molecule has 0 amide bonds. The second-order valence-electron chi connectivity index (χ2n) is 2.94. The molecule has 0 radical (unpaired) electrons. The first-order valence-electron chi connectivity index (χ1n) is 4.12. The molecule has 2 heterocycles. The van der Waals surface area contributed by atoms with Gasteiger partial charge in [0.15, 0.2) is 17.2 Å². The van der Waals surface area contributed by atoms with E-state index >= 15 is 0 Å². The molecule has 0 saturated heterocycles. The normalized spacial score (nSPS) is 10.5. The van der Waals surface area contributed by atoms with Crippen molar-refractivity contribution in [1.29, 1.82) is 0 Å². The number of hydrogen-bond acceptors (Lipinski definition) is 5. The number of carboxylic acid groups (broad SMARTS) is 2. The maximum atomic E-state index is 10.9. The Bertz CT molecular complexity index is 603. The van der Waals surface area contributed by atoms with Gasteiger partial charge in [0, 0.05) is 6.20 Å². The van der Waals surface area contributed by atoms with Crippen molar-refractivity contribution >= 4 is 23.4 Å². The van der Waals surface area contributed by atoms with Crippen LogP contribution in [0.3, 0.4) is 0 Å². The molecule has 4 N–H and O–H groups in total. The number of hydrogen-bond donors (Lipinski definition) is 3. The molecule has 16 heavy (non-hydrogen) atoms. The van der Waals surface area contributed by atoms with E-state index in [0.29, 0.717) is 0 Å². The van der Waals surface area contributed by atoms with Crippen molar-refractivity contribution in [2.24, 2.45) is 0 Å². The molecule has 0 aliphatic carbocycles. The summed E-state index contributed by atoms with van der Waals surface area (Å²) in [5.41, 5.74) is 4.78. The monoisotopic (exact) mass is 222 g/mol. The number of fused-ring (bicyclic) bond motifs is 1. The number of carboxylic acids is 2. The number of rotatable bonds is 2. The first kappa shape index (κ1) is 9.90. The number of aromatic nitrogens is 3. The zero-order valence-electron chi connectivity index (χ0n) is 7.78. The molecular formula is C8H6N4O4. The molecule has 0 spiro atoms. The second kappa shape index (κ2) is 3.19. The van der Waals surface area contributed by atoms with Gasteiger partial charge in [-0.25, -0.2) is 19.1 Å². The molecule has 0 unspecified atom stereocenters. The SMILES string of the molecule is Nc1nn2c(C(=O)O)ccnc2c1C(=O)O. The summed E-state index contributed by atoms with van der Waals surface area (Å²) < 4.78 is 0.890. The van der Waals surface area contributed by atoms with E-state index in [0.717, 1.165) is 4.52 Å². The van der Waals surface area contributed by atoms with Crippen molar-refractivity contribution in [2.75, 3.05) is 5.73 Å². The molecule has 2 aromatic heterocycles. The molecule has 0 fully saturated rings. The highest BCUT2D eigenvalue weighted by atomic mass is 16.4. The predicted molar refractivity (Wildman–Crippen MR) is 51.3 cm³/mol. The number of aromatic carboxylic acids is 2. The van der Waals surface area contributed by atoms with Gasteiger partial charge in [0.2, 0.25) is 0 Å². The van der Waals surface area contributed by atoms with Crippen LogP contribution in [0.25, 0.3) is 5.65 Å². The van der Waals surface area contributed by atoms with Crippen LogP contribution in [0.4, 0.5) is 5.82 Å². The number of anilines is 1. The van der Waals surface area contributed by atoms with Gasteiger partial charge in [0.05, 0.1) is 0 Å². The Morgan fingerprint density at radius 2 is 2.00 bits per heavy atom. The molecule has 0 aliphatic rings. The summed E-state index contributed by atoms with van der Waals surface area (Å²) in [6, 6.07) is 1.20. The number of nitrogens with two attached hydrogens (primary N) is 1. The smallest absolute Gasteiger partial charge is 0.354 e. The molecule has 0 aromatic carbocycles. The van der Waals surface area contributed by atoms with Crippen LogP contribution in [0.2, 0.25) is 0 Å². The van der Waals surface area contributed by atoms with E-state index in [-0.39, 0.29) is 22.7 Å². The minimum absolute atomic E-state index is 0.0927. The van der Waals surface area contributed by atoms with E-state index in [2.05, 4.69) is 10.1 Å². The Morgan fingerprint density at radius 3 is 2.56 bits per heavy atom. The highest BCUT2D eigenvalue weighted by Gasteiger charge is 2.21. The largest absolute Gasteiger partial charge is 0.477 e. The first-order chi connectivity index (χ1) is 7.52. The highest BCUT2D eigenvalue weighted by molar-refractivity contribution is 6.00. The van der Waals surface area contributed by atoms with Crippen LogP contribution in [-0.4, -0.2) is 36.7 Å². The summed E-state index contributed by atoms with van der Waals surface area (Å²) >= 11 is 0. The quantitative estimate of drug-likeness (QED) is 0.635. The van der Waals surface area contributed by atoms with Crippen molar-refractivity contribution < 1.29 is 19.8 Å². The summed E-state index contributed by atoms with van der Waals surface area (Å²) in [7, 11) is 0. The summed E-state index contributed by atoms with van der Waals surface area (Å²) in [5, 5.41) is 21.3. The van der Waals surface area contributed by atoms with Gasteiger partial charge in [0.1, 0.15) is 5.56 Å². The summed E-state index contributed by atoms with van der Waals surface area (Å²) in [6.45, 7) is 0. The molecule has 0 atom stereocenters. The minimum atomic E-state index is -1.30. The van der Waals surface area contributed by atoms with Crippen molar-refractivity contribution in [3.8, 4) is 0 Å². The molecule has 2 rings (SSSR count). The van der Waals surface area contributed by atoms with Gasteiger partial charge in [-0.2, -0.15) is 0 Å². The minimum Gasteiger partial charge on any atom is -0.477 e. The topological polar surface area (TPSA) is 131 Å². The van der Waals surface area contributed by atoms with E-state index in [4.69, 9.17) is 15.9 Å². The van der Waals surface area contributed by atoms with Crippen LogP contribution in [-0.2, 0) is 0 Å². The third-order valence-corrected chi connectivity index (χ3v) is 1.98. The van der Waals surface area contributed by atoms with Gasteiger partial charge in [-0.3, -0.25) is 0 Å². The molecule has 0 bridgehead atoms. The zero-order chi connectivity index (χ0) is 11.9. The van der Waals surface area contributed by atoms with Crippen LogP contribution in [0.5, 0.6) is 0 Å². The van der Waals surface area contributed by atoms with Crippen LogP contribution in [0.1, 0.15) is 20.8 Å². The molecule has 2 aromatic rings. The van der Waals surface area contributed by atoms with Crippen LogP contribution in [0, 0.1) is 0 Å². The Balaban J connectivity index is 2.88. The summed E-state index contributed by atoms with van der Waals surface area (Å²) in [5.74, 6) is -2.82. The maximum Gasteiger partial charge on any atom is 0.354 e. The summed E-state index contributed by atoms with van der Waals surface area (Å²) in [4.78, 5) is 25.4.